The van der Waals surface area contributed by atoms with E-state index in [1.54, 1.807) is 27.7 Å². The molecule has 4 N–H and O–H groups in total. The number of esters is 2. The van der Waals surface area contributed by atoms with Crippen molar-refractivity contribution in [3.8, 4) is 0 Å². The third kappa shape index (κ3) is 172. The molecule has 0 saturated heterocycles. The molecule has 0 rings (SSSR count). The minimum Gasteiger partial charge on any atom is -0.439 e. The Morgan fingerprint density at radius 1 is 0.403 bits per heavy atom. The molecule has 3 unspecified atom stereocenters. The summed E-state index contributed by atoms with van der Waals surface area (Å²) in [6.07, 6.45) is 25.0. The molecule has 0 aliphatic carbocycles. The summed E-state index contributed by atoms with van der Waals surface area (Å²) >= 11 is 1.31. The van der Waals surface area contributed by atoms with Gasteiger partial charge in [-0.1, -0.05) is 180 Å². The maximum absolute atomic E-state index is 11.7. The summed E-state index contributed by atoms with van der Waals surface area (Å²) in [6.45, 7) is 85.3. The fourth-order valence-corrected chi connectivity index (χ4v) is 9.74. The number of allylic oxidation sites excluding steroid dienone is 2. The highest BCUT2D eigenvalue weighted by molar-refractivity contribution is 8.76. The van der Waals surface area contributed by atoms with Gasteiger partial charge in [-0.2, -0.15) is 0 Å². The van der Waals surface area contributed by atoms with Crippen LogP contribution in [-0.2, 0) is 95.1 Å². The maximum atomic E-state index is 11.7. The molecule has 0 heterocycles. The van der Waals surface area contributed by atoms with Gasteiger partial charge in [-0.3, -0.25) is 28.8 Å². The number of rotatable bonds is 58. The van der Waals surface area contributed by atoms with E-state index in [-0.39, 0.29) is 118 Å². The lowest BCUT2D eigenvalue weighted by Crippen LogP contribution is -2.51. The zero-order valence-corrected chi connectivity index (χ0v) is 88.6. The maximum Gasteiger partial charge on any atom is 0.510 e. The normalized spacial score (nSPS) is 11.4. The summed E-state index contributed by atoms with van der Waals surface area (Å²) in [5, 5.41) is 5.87. The molecular weight excluding hydrogens is 1640 g/mol. The van der Waals surface area contributed by atoms with Gasteiger partial charge < -0.3 is 82.7 Å². The minimum absolute atomic E-state index is 0. The van der Waals surface area contributed by atoms with Crippen LogP contribution in [-0.4, -0.2) is 217 Å². The topological polar surface area (TPSA) is 299 Å². The van der Waals surface area contributed by atoms with E-state index in [4.69, 9.17) is 62.6 Å². The summed E-state index contributed by atoms with van der Waals surface area (Å²) in [6, 6.07) is -0.820. The van der Waals surface area contributed by atoms with Crippen LogP contribution in [0.15, 0.2) is 25.3 Å². The van der Waals surface area contributed by atoms with E-state index in [9.17, 15) is 33.6 Å². The first kappa shape index (κ1) is 146. The Kier molecular flexibility index (Phi) is 130. The van der Waals surface area contributed by atoms with Gasteiger partial charge in [0.2, 0.25) is 5.91 Å². The predicted molar refractivity (Wildman–Crippen MR) is 530 cm³/mol. The Morgan fingerprint density at radius 2 is 0.758 bits per heavy atom. The number of thioether (sulfide) groups is 1. The summed E-state index contributed by atoms with van der Waals surface area (Å²) in [5.74, 6) is 4.06. The number of hydrogen-bond donors (Lipinski definition) is 3. The fraction of sp³-hybridized carbons (Fsp3) is 0.887. The number of nitrogens with one attached hydrogen (secondary N) is 2. The first-order valence-corrected chi connectivity index (χ1v) is 49.3. The highest BCUT2D eigenvalue weighted by Gasteiger charge is 2.24. The molecular formula is C97H203N3O21S3. The molecule has 24 nitrogen and oxygen atoms in total. The number of nitrogens with two attached hydrogens (primary N) is 1. The highest BCUT2D eigenvalue weighted by atomic mass is 33.1. The molecule has 0 saturated carbocycles. The van der Waals surface area contributed by atoms with Gasteiger partial charge in [0.1, 0.15) is 11.8 Å². The lowest BCUT2D eigenvalue weighted by molar-refractivity contribution is -0.168. The lowest BCUT2D eigenvalue weighted by Gasteiger charge is -2.21. The smallest absolute Gasteiger partial charge is 0.439 e. The second-order valence-corrected chi connectivity index (χ2v) is 38.4. The van der Waals surface area contributed by atoms with Crippen molar-refractivity contribution in [2.24, 2.45) is 28.9 Å². The largest absolute Gasteiger partial charge is 0.510 e. The Labute approximate surface area is 776 Å². The second-order valence-electron chi connectivity index (χ2n) is 34.5. The van der Waals surface area contributed by atoms with E-state index in [2.05, 4.69) is 109 Å². The fourth-order valence-electron chi connectivity index (χ4n) is 7.29. The monoisotopic (exact) mass is 1840 g/mol. The molecule has 0 aliphatic heterocycles. The van der Waals surface area contributed by atoms with Crippen LogP contribution >= 0.6 is 33.3 Å². The Bertz CT molecular complexity index is 2240. The molecule has 124 heavy (non-hydrogen) atoms. The molecule has 0 aromatic carbocycles. The van der Waals surface area contributed by atoms with E-state index in [1.165, 1.54) is 128 Å². The lowest BCUT2D eigenvalue weighted by atomic mass is 9.98. The molecule has 0 aromatic heterocycles. The van der Waals surface area contributed by atoms with Crippen molar-refractivity contribution in [2.45, 2.75) is 445 Å². The zero-order valence-electron chi connectivity index (χ0n) is 86.1. The van der Waals surface area contributed by atoms with Gasteiger partial charge in [0, 0.05) is 63.6 Å². The van der Waals surface area contributed by atoms with E-state index in [1.807, 2.05) is 172 Å². The minimum atomic E-state index is -0.689. The van der Waals surface area contributed by atoms with E-state index in [0.717, 1.165) is 76.0 Å². The van der Waals surface area contributed by atoms with Crippen LogP contribution in [0, 0.1) is 23.2 Å². The summed E-state index contributed by atoms with van der Waals surface area (Å²) in [7, 11) is 3.85. The van der Waals surface area contributed by atoms with Gasteiger partial charge >= 0.3 is 18.1 Å². The highest BCUT2D eigenvalue weighted by Crippen LogP contribution is 2.21. The molecule has 3 atom stereocenters. The standard InChI is InChI=1S/C16H32O2.C15H30O2.C12H24N2O3.C9H18O3.C8H16O4.C8H18OS2.C7H15NO.C7H14O2S.C6H12O3.2C4H10.CH4/c1-4-5-6-7-8-9-10-11-13-17-14-12-15-18-16(2)3;1-4-5-6-7-8-9-10-11-12-16-13-14-17-15(2)3;1-7(2)11(13)12(16)14-10(9(5)15)6-17-8(3)4;1-7(2)11-6-12-8(10)9(3,4)5;1-6(2)10-5-11-8(9)12-7(3)4;1-4-6-10-11-7-5-9-8(2)3;1-5(2)8-6(3)7(4)9;1-6(2)9-4-5-10-7(3)8;1-5(2)8-4-9-6(3)7;2*1-4(2)3;/h4,16H,1,5-15H2,2-3H3;4,15H,1,5-14H2,2-3H3;7-8,10-11H,6,13H2,1-5H3,(H,14,16);7H,6H2,1-5H3;6-7H,5H2,1-4H3;8H,4-7H2,1-3H3;5-6,8H,1-4H3;6H,4-5H2,1-3H3;5H,4H2,1-3H3;2*4H,1-3H3;1H4. The van der Waals surface area contributed by atoms with Crippen LogP contribution in [0.2, 0.25) is 0 Å². The molecule has 0 bridgehead atoms. The first-order chi connectivity index (χ1) is 57.2. The van der Waals surface area contributed by atoms with Crippen LogP contribution < -0.4 is 16.4 Å². The summed E-state index contributed by atoms with van der Waals surface area (Å²) in [5.41, 5.74) is 5.26. The molecule has 0 aromatic rings. The number of unbranched alkanes of at least 4 members (excludes halogenated alkanes) is 12. The van der Waals surface area contributed by atoms with Crippen LogP contribution in [0.4, 0.5) is 4.79 Å². The average Bonchev–Trinajstić information content (AvgIpc) is 0.907. The SMILES string of the molecule is C.C=CCCCCCCCCOCCCOC(C)C.C=CCCCCCCCCOCCOC(C)C.CC(=O)C(C)NC(C)C.CC(=O)C(COC(C)C)NC(=O)C(N)C(C)C.CC(=O)OCOC(C)C.CC(=O)SCCOC(C)C.CC(C)C.CC(C)C.CC(C)OCOC(=O)C(C)(C)C.CC(C)OCOC(=O)OC(C)C.CCCSSCCOC(C)C. The van der Waals surface area contributed by atoms with Gasteiger partial charge in [0.25, 0.3) is 0 Å². The third-order valence-electron chi connectivity index (χ3n) is 13.7. The molecule has 0 spiro atoms. The van der Waals surface area contributed by atoms with Crippen molar-refractivity contribution < 1.29 is 99.9 Å². The van der Waals surface area contributed by atoms with Crippen LogP contribution in [0.5, 0.6) is 0 Å². The predicted octanol–water partition coefficient (Wildman–Crippen LogP) is 24.2. The van der Waals surface area contributed by atoms with E-state index in [0.29, 0.717) is 31.0 Å². The molecule has 0 radical (unpaired) electrons. The number of Topliss-reactive ketones (excluding diaryl/α,β-unsaturated/α-hetero) is 2. The zero-order chi connectivity index (χ0) is 97.5. The number of hydrogen-bond acceptors (Lipinski definition) is 26. The molecule has 0 aliphatic rings. The van der Waals surface area contributed by atoms with Gasteiger partial charge in [0.05, 0.1) is 105 Å². The second kappa shape index (κ2) is 110. The van der Waals surface area contributed by atoms with Crippen LogP contribution in [0.25, 0.3) is 0 Å². The van der Waals surface area contributed by atoms with E-state index >= 15 is 0 Å². The van der Waals surface area contributed by atoms with Crippen molar-refractivity contribution in [3.05, 3.63) is 25.3 Å². The van der Waals surface area contributed by atoms with Gasteiger partial charge in [-0.15, -0.1) is 13.2 Å². The van der Waals surface area contributed by atoms with Crippen molar-refractivity contribution in [1.82, 2.24) is 10.6 Å². The number of carbonyl (C=O) groups is 7. The summed E-state index contributed by atoms with van der Waals surface area (Å²) < 4.78 is 71.4. The number of amides is 1. The molecule has 27 heteroatoms. The van der Waals surface area contributed by atoms with Crippen molar-refractivity contribution in [3.63, 3.8) is 0 Å². The van der Waals surface area contributed by atoms with Gasteiger partial charge in [-0.05, 0) is 235 Å². The van der Waals surface area contributed by atoms with E-state index < -0.39 is 23.7 Å². The Hall–Kier alpha value is -3.26. The van der Waals surface area contributed by atoms with Crippen molar-refractivity contribution in [1.29, 1.82) is 0 Å². The molecule has 0 fully saturated rings. The Morgan fingerprint density at radius 3 is 1.10 bits per heavy atom. The number of carbonyl (C=O) groups excluding carboxylic acids is 7. The Balaban J connectivity index is -0.000000113. The van der Waals surface area contributed by atoms with Crippen LogP contribution in [0.1, 0.15) is 366 Å². The van der Waals surface area contributed by atoms with Crippen molar-refractivity contribution in [2.75, 3.05) is 97.1 Å². The first-order valence-electron chi connectivity index (χ1n) is 45.8. The molecule has 1 amide bonds. The number of ketones is 2. The third-order valence-corrected chi connectivity index (χ3v) is 17.0. The quantitative estimate of drug-likeness (QED) is 0.0127. The van der Waals surface area contributed by atoms with Gasteiger partial charge in [0.15, 0.2) is 31.3 Å². The number of ether oxygens (including phenoxy) is 14. The van der Waals surface area contributed by atoms with Gasteiger partial charge in [-0.25, -0.2) is 4.79 Å². The van der Waals surface area contributed by atoms with Crippen molar-refractivity contribution >= 4 is 74.0 Å². The van der Waals surface area contributed by atoms with Crippen LogP contribution in [0.3, 0.4) is 0 Å². The average molecular weight is 1840 g/mol. The summed E-state index contributed by atoms with van der Waals surface area (Å²) in [4.78, 5) is 76.0. The molecule has 750 valence electrons.